The Morgan fingerprint density at radius 2 is 1.71 bits per heavy atom. The zero-order valence-corrected chi connectivity index (χ0v) is 11.8. The molecule has 106 valence electrons. The van der Waals surface area contributed by atoms with E-state index in [2.05, 4.69) is 4.98 Å². The molecule has 3 nitrogen and oxygen atoms in total. The van der Waals surface area contributed by atoms with Crippen molar-refractivity contribution in [2.75, 3.05) is 5.73 Å². The molecule has 0 bridgehead atoms. The van der Waals surface area contributed by atoms with Gasteiger partial charge in [-0.05, 0) is 19.1 Å². The predicted octanol–water partition coefficient (Wildman–Crippen LogP) is 3.96. The van der Waals surface area contributed by atoms with Gasteiger partial charge in [0.05, 0.1) is 0 Å². The predicted molar refractivity (Wildman–Crippen MR) is 83.1 cm³/mol. The number of nitrogens with zero attached hydrogens (tertiary/aromatic N) is 2. The van der Waals surface area contributed by atoms with Crippen LogP contribution in [0.15, 0.2) is 54.6 Å². The van der Waals surface area contributed by atoms with E-state index in [0.29, 0.717) is 23.6 Å². The molecule has 2 N–H and O–H groups in total. The van der Waals surface area contributed by atoms with Crippen molar-refractivity contribution in [2.24, 2.45) is 0 Å². The first-order valence-electron chi connectivity index (χ1n) is 6.88. The van der Waals surface area contributed by atoms with E-state index in [9.17, 15) is 4.39 Å². The number of rotatable bonds is 3. The molecule has 0 saturated heterocycles. The fraction of sp³-hybridized carbons (Fsp3) is 0.118. The minimum absolute atomic E-state index is 0.315. The largest absolute Gasteiger partial charge is 0.383 e. The van der Waals surface area contributed by atoms with Gasteiger partial charge >= 0.3 is 0 Å². The number of aromatic nitrogens is 2. The number of nitrogens with two attached hydrogens (primary N) is 1. The van der Waals surface area contributed by atoms with Crippen molar-refractivity contribution in [3.63, 3.8) is 0 Å². The molecule has 21 heavy (non-hydrogen) atoms. The monoisotopic (exact) mass is 281 g/mol. The van der Waals surface area contributed by atoms with Crippen molar-refractivity contribution in [3.05, 3.63) is 60.4 Å². The van der Waals surface area contributed by atoms with Crippen molar-refractivity contribution < 1.29 is 4.39 Å². The number of halogens is 1. The second kappa shape index (κ2) is 5.40. The Balaban J connectivity index is 2.21. The maximum absolute atomic E-state index is 14.0. The van der Waals surface area contributed by atoms with Gasteiger partial charge in [-0.15, -0.1) is 0 Å². The first-order valence-corrected chi connectivity index (χ1v) is 6.88. The summed E-state index contributed by atoms with van der Waals surface area (Å²) in [4.78, 5) is 4.58. The Bertz CT molecular complexity index is 763. The molecule has 0 aliphatic heterocycles. The summed E-state index contributed by atoms with van der Waals surface area (Å²) in [5, 5.41) is 0. The molecule has 1 heterocycles. The SMILES string of the molecule is CCn1c(-c2ccccc2)nc(-c2ccccc2F)c1N. The minimum atomic E-state index is -0.315. The highest BCUT2D eigenvalue weighted by Gasteiger charge is 2.18. The normalized spacial score (nSPS) is 10.8. The van der Waals surface area contributed by atoms with E-state index in [1.54, 1.807) is 18.2 Å². The zero-order valence-electron chi connectivity index (χ0n) is 11.8. The van der Waals surface area contributed by atoms with E-state index in [4.69, 9.17) is 5.73 Å². The summed E-state index contributed by atoms with van der Waals surface area (Å²) >= 11 is 0. The standard InChI is InChI=1S/C17H16FN3/c1-2-21-16(19)15(13-10-6-7-11-14(13)18)20-17(21)12-8-4-3-5-9-12/h3-11H,2,19H2,1H3. The van der Waals surface area contributed by atoms with Crippen LogP contribution < -0.4 is 5.73 Å². The third kappa shape index (κ3) is 2.29. The van der Waals surface area contributed by atoms with Gasteiger partial charge in [-0.25, -0.2) is 9.37 Å². The van der Waals surface area contributed by atoms with Gasteiger partial charge in [-0.3, -0.25) is 0 Å². The highest BCUT2D eigenvalue weighted by molar-refractivity contribution is 5.75. The fourth-order valence-electron chi connectivity index (χ4n) is 2.44. The Kier molecular flexibility index (Phi) is 3.44. The van der Waals surface area contributed by atoms with Crippen LogP contribution in [-0.2, 0) is 6.54 Å². The van der Waals surface area contributed by atoms with E-state index in [1.807, 2.05) is 41.8 Å². The van der Waals surface area contributed by atoms with Crippen molar-refractivity contribution in [2.45, 2.75) is 13.5 Å². The minimum Gasteiger partial charge on any atom is -0.383 e. The topological polar surface area (TPSA) is 43.8 Å². The van der Waals surface area contributed by atoms with Crippen LogP contribution in [0.5, 0.6) is 0 Å². The summed E-state index contributed by atoms with van der Waals surface area (Å²) < 4.78 is 15.9. The molecule has 4 heteroatoms. The van der Waals surface area contributed by atoms with E-state index < -0.39 is 0 Å². The molecule has 0 aliphatic rings. The number of nitrogen functional groups attached to an aromatic ring is 1. The molecule has 0 spiro atoms. The second-order valence-corrected chi connectivity index (χ2v) is 4.76. The Labute approximate surface area is 122 Å². The van der Waals surface area contributed by atoms with Crippen molar-refractivity contribution in [3.8, 4) is 22.6 Å². The number of imidazole rings is 1. The quantitative estimate of drug-likeness (QED) is 0.789. The first kappa shape index (κ1) is 13.4. The van der Waals surface area contributed by atoms with Gasteiger partial charge in [0, 0.05) is 17.7 Å². The lowest BCUT2D eigenvalue weighted by molar-refractivity contribution is 0.631. The summed E-state index contributed by atoms with van der Waals surface area (Å²) in [7, 11) is 0. The van der Waals surface area contributed by atoms with E-state index in [0.717, 1.165) is 11.4 Å². The van der Waals surface area contributed by atoms with Crippen LogP contribution in [0, 0.1) is 5.82 Å². The summed E-state index contributed by atoms with van der Waals surface area (Å²) in [6.45, 7) is 2.67. The van der Waals surface area contributed by atoms with Crippen LogP contribution in [0.4, 0.5) is 10.2 Å². The molecule has 0 atom stereocenters. The molecule has 0 saturated carbocycles. The molecule has 3 rings (SSSR count). The number of hydrogen-bond donors (Lipinski definition) is 1. The van der Waals surface area contributed by atoms with E-state index in [1.165, 1.54) is 6.07 Å². The highest BCUT2D eigenvalue weighted by atomic mass is 19.1. The zero-order chi connectivity index (χ0) is 14.8. The molecule has 2 aromatic carbocycles. The first-order chi connectivity index (χ1) is 10.2. The molecule has 0 radical (unpaired) electrons. The van der Waals surface area contributed by atoms with Crippen molar-refractivity contribution in [1.29, 1.82) is 0 Å². The maximum atomic E-state index is 14.0. The van der Waals surface area contributed by atoms with Gasteiger partial charge in [-0.2, -0.15) is 0 Å². The molecular weight excluding hydrogens is 265 g/mol. The van der Waals surface area contributed by atoms with E-state index >= 15 is 0 Å². The summed E-state index contributed by atoms with van der Waals surface area (Å²) in [6.07, 6.45) is 0. The number of benzene rings is 2. The average Bonchev–Trinajstić information content (AvgIpc) is 2.85. The highest BCUT2D eigenvalue weighted by Crippen LogP contribution is 2.32. The van der Waals surface area contributed by atoms with Gasteiger partial charge in [0.1, 0.15) is 23.2 Å². The third-order valence-corrected chi connectivity index (χ3v) is 3.48. The Morgan fingerprint density at radius 1 is 1.05 bits per heavy atom. The van der Waals surface area contributed by atoms with Crippen molar-refractivity contribution in [1.82, 2.24) is 9.55 Å². The fourth-order valence-corrected chi connectivity index (χ4v) is 2.44. The maximum Gasteiger partial charge on any atom is 0.142 e. The second-order valence-electron chi connectivity index (χ2n) is 4.76. The van der Waals surface area contributed by atoms with Crippen LogP contribution >= 0.6 is 0 Å². The molecular formula is C17H16FN3. The van der Waals surface area contributed by atoms with Crippen LogP contribution in [0.2, 0.25) is 0 Å². The van der Waals surface area contributed by atoms with Crippen LogP contribution in [0.1, 0.15) is 6.92 Å². The number of hydrogen-bond acceptors (Lipinski definition) is 2. The van der Waals surface area contributed by atoms with Crippen LogP contribution in [0.25, 0.3) is 22.6 Å². The molecule has 0 aliphatic carbocycles. The molecule has 1 aromatic heterocycles. The third-order valence-electron chi connectivity index (χ3n) is 3.48. The van der Waals surface area contributed by atoms with Gasteiger partial charge in [0.2, 0.25) is 0 Å². The molecule has 0 amide bonds. The van der Waals surface area contributed by atoms with Gasteiger partial charge in [0.15, 0.2) is 0 Å². The van der Waals surface area contributed by atoms with Crippen LogP contribution in [0.3, 0.4) is 0 Å². The summed E-state index contributed by atoms with van der Waals surface area (Å²) in [5.41, 5.74) is 8.08. The lowest BCUT2D eigenvalue weighted by Crippen LogP contribution is -2.02. The molecule has 0 unspecified atom stereocenters. The van der Waals surface area contributed by atoms with Gasteiger partial charge in [0.25, 0.3) is 0 Å². The lowest BCUT2D eigenvalue weighted by Gasteiger charge is -2.06. The Hall–Kier alpha value is -2.62. The van der Waals surface area contributed by atoms with Crippen LogP contribution in [-0.4, -0.2) is 9.55 Å². The average molecular weight is 281 g/mol. The number of anilines is 1. The molecule has 0 fully saturated rings. The summed E-state index contributed by atoms with van der Waals surface area (Å²) in [6, 6.07) is 16.3. The smallest absolute Gasteiger partial charge is 0.142 e. The lowest BCUT2D eigenvalue weighted by atomic mass is 10.1. The Morgan fingerprint density at radius 3 is 2.38 bits per heavy atom. The van der Waals surface area contributed by atoms with Gasteiger partial charge in [-0.1, -0.05) is 42.5 Å². The molecule has 3 aromatic rings. The summed E-state index contributed by atoms with van der Waals surface area (Å²) in [5.74, 6) is 0.930. The van der Waals surface area contributed by atoms with Crippen molar-refractivity contribution >= 4 is 5.82 Å². The van der Waals surface area contributed by atoms with Gasteiger partial charge < -0.3 is 10.3 Å². The van der Waals surface area contributed by atoms with E-state index in [-0.39, 0.29) is 5.82 Å².